The maximum absolute atomic E-state index is 10.5. The van der Waals surface area contributed by atoms with Crippen molar-refractivity contribution in [3.8, 4) is 0 Å². The molecule has 2 aliphatic heterocycles. The van der Waals surface area contributed by atoms with Gasteiger partial charge in [-0.15, -0.1) is 11.3 Å². The van der Waals surface area contributed by atoms with Gasteiger partial charge in [0.2, 0.25) is 0 Å². The highest BCUT2D eigenvalue weighted by Gasteiger charge is 2.31. The molecule has 1 fully saturated rings. The number of aliphatic hydroxyl groups is 1. The highest BCUT2D eigenvalue weighted by molar-refractivity contribution is 7.13. The van der Waals surface area contributed by atoms with Crippen LogP contribution < -0.4 is 9.80 Å². The second-order valence-electron chi connectivity index (χ2n) is 6.98. The molecule has 0 spiro atoms. The molecule has 136 valence electrons. The second kappa shape index (κ2) is 6.76. The molecular formula is C20H24N4OS. The van der Waals surface area contributed by atoms with Gasteiger partial charge in [0, 0.05) is 29.3 Å². The van der Waals surface area contributed by atoms with E-state index in [9.17, 15) is 5.11 Å². The molecule has 0 saturated carbocycles. The average molecular weight is 369 g/mol. The summed E-state index contributed by atoms with van der Waals surface area (Å²) in [6.07, 6.45) is 3.83. The summed E-state index contributed by atoms with van der Waals surface area (Å²) in [7, 11) is 0. The van der Waals surface area contributed by atoms with E-state index >= 15 is 0 Å². The number of amidine groups is 1. The van der Waals surface area contributed by atoms with Gasteiger partial charge in [0.05, 0.1) is 17.8 Å². The third-order valence-electron chi connectivity index (χ3n) is 5.23. The number of nitrogens with zero attached hydrogens (tertiary/aromatic N) is 3. The van der Waals surface area contributed by atoms with E-state index in [4.69, 9.17) is 5.41 Å². The van der Waals surface area contributed by atoms with Crippen molar-refractivity contribution in [2.24, 2.45) is 0 Å². The van der Waals surface area contributed by atoms with Crippen LogP contribution in [-0.2, 0) is 0 Å². The fourth-order valence-corrected chi connectivity index (χ4v) is 4.58. The minimum absolute atomic E-state index is 0.226. The Kier molecular flexibility index (Phi) is 4.44. The van der Waals surface area contributed by atoms with Gasteiger partial charge >= 0.3 is 0 Å². The number of hydrogen-bond donors (Lipinski definition) is 2. The van der Waals surface area contributed by atoms with E-state index in [2.05, 4.69) is 22.0 Å². The lowest BCUT2D eigenvalue weighted by Gasteiger charge is -2.29. The molecule has 2 aliphatic rings. The average Bonchev–Trinajstić information content (AvgIpc) is 3.14. The first kappa shape index (κ1) is 17.1. The Morgan fingerprint density at radius 3 is 2.31 bits per heavy atom. The first-order chi connectivity index (χ1) is 12.5. The van der Waals surface area contributed by atoms with Gasteiger partial charge in [-0.1, -0.05) is 0 Å². The highest BCUT2D eigenvalue weighted by Crippen LogP contribution is 2.34. The van der Waals surface area contributed by atoms with Gasteiger partial charge in [0.15, 0.2) is 0 Å². The number of rotatable bonds is 3. The first-order valence-electron chi connectivity index (χ1n) is 9.12. The SMILES string of the molecule is Cc1nc(C2=C(O)CN(c3ccc(N4CCCCC4)cc3)C2=N)sc1C. The second-order valence-corrected chi connectivity index (χ2v) is 8.18. The number of thiazole rings is 1. The van der Waals surface area contributed by atoms with Crippen molar-refractivity contribution in [3.05, 3.63) is 45.6 Å². The third kappa shape index (κ3) is 2.98. The van der Waals surface area contributed by atoms with E-state index in [0.29, 0.717) is 18.0 Å². The molecule has 1 aromatic carbocycles. The molecule has 0 amide bonds. The minimum Gasteiger partial charge on any atom is -0.510 e. The van der Waals surface area contributed by atoms with E-state index < -0.39 is 0 Å². The van der Waals surface area contributed by atoms with Crippen LogP contribution in [0.15, 0.2) is 30.0 Å². The molecule has 26 heavy (non-hydrogen) atoms. The molecule has 1 saturated heterocycles. The summed E-state index contributed by atoms with van der Waals surface area (Å²) in [5.74, 6) is 0.547. The topological polar surface area (TPSA) is 63.5 Å². The van der Waals surface area contributed by atoms with Crippen LogP contribution in [-0.4, -0.2) is 35.6 Å². The fourth-order valence-electron chi connectivity index (χ4n) is 3.60. The molecule has 0 atom stereocenters. The van der Waals surface area contributed by atoms with Crippen LogP contribution in [0.25, 0.3) is 5.57 Å². The van der Waals surface area contributed by atoms with Crippen molar-refractivity contribution in [2.75, 3.05) is 29.4 Å². The summed E-state index contributed by atoms with van der Waals surface area (Å²) in [6, 6.07) is 8.35. The summed E-state index contributed by atoms with van der Waals surface area (Å²) in [4.78, 5) is 9.91. The Morgan fingerprint density at radius 1 is 1.04 bits per heavy atom. The van der Waals surface area contributed by atoms with Crippen molar-refractivity contribution in [1.82, 2.24) is 4.98 Å². The van der Waals surface area contributed by atoms with Gasteiger partial charge in [-0.05, 0) is 57.4 Å². The Labute approximate surface area is 158 Å². The van der Waals surface area contributed by atoms with Crippen LogP contribution >= 0.6 is 11.3 Å². The zero-order valence-corrected chi connectivity index (χ0v) is 16.1. The van der Waals surface area contributed by atoms with Crippen LogP contribution in [0.2, 0.25) is 0 Å². The Bertz CT molecular complexity index is 843. The summed E-state index contributed by atoms with van der Waals surface area (Å²) in [5, 5.41) is 19.8. The summed E-state index contributed by atoms with van der Waals surface area (Å²) in [6.45, 7) is 6.55. The fraction of sp³-hybridized carbons (Fsp3) is 0.400. The van der Waals surface area contributed by atoms with E-state index in [0.717, 1.165) is 34.4 Å². The number of anilines is 2. The first-order valence-corrected chi connectivity index (χ1v) is 9.94. The number of benzene rings is 1. The molecule has 6 heteroatoms. The van der Waals surface area contributed by atoms with E-state index in [1.54, 1.807) is 0 Å². The van der Waals surface area contributed by atoms with Crippen LogP contribution in [0.3, 0.4) is 0 Å². The van der Waals surface area contributed by atoms with Crippen molar-refractivity contribution >= 4 is 34.1 Å². The van der Waals surface area contributed by atoms with Crippen LogP contribution in [0.5, 0.6) is 0 Å². The lowest BCUT2D eigenvalue weighted by Crippen LogP contribution is -2.29. The summed E-state index contributed by atoms with van der Waals surface area (Å²) >= 11 is 1.53. The van der Waals surface area contributed by atoms with Crippen molar-refractivity contribution in [3.63, 3.8) is 0 Å². The molecule has 5 nitrogen and oxygen atoms in total. The molecule has 0 radical (unpaired) electrons. The number of aromatic nitrogens is 1. The molecule has 3 heterocycles. The van der Waals surface area contributed by atoms with Gasteiger partial charge < -0.3 is 14.9 Å². The van der Waals surface area contributed by atoms with Crippen molar-refractivity contribution in [1.29, 1.82) is 5.41 Å². The smallest absolute Gasteiger partial charge is 0.139 e. The van der Waals surface area contributed by atoms with Crippen LogP contribution in [0.1, 0.15) is 34.8 Å². The molecule has 0 unspecified atom stereocenters. The number of piperidine rings is 1. The predicted octanol–water partition coefficient (Wildman–Crippen LogP) is 4.52. The highest BCUT2D eigenvalue weighted by atomic mass is 32.1. The Balaban J connectivity index is 1.55. The monoisotopic (exact) mass is 368 g/mol. The molecule has 2 aromatic rings. The third-order valence-corrected chi connectivity index (χ3v) is 6.32. The van der Waals surface area contributed by atoms with Gasteiger partial charge in [-0.2, -0.15) is 0 Å². The zero-order valence-electron chi connectivity index (χ0n) is 15.2. The molecular weight excluding hydrogens is 344 g/mol. The lowest BCUT2D eigenvalue weighted by atomic mass is 10.1. The van der Waals surface area contributed by atoms with Crippen molar-refractivity contribution < 1.29 is 5.11 Å². The zero-order chi connectivity index (χ0) is 18.3. The summed E-state index contributed by atoms with van der Waals surface area (Å²) < 4.78 is 0. The number of hydrogen-bond acceptors (Lipinski definition) is 5. The van der Waals surface area contributed by atoms with Crippen LogP contribution in [0.4, 0.5) is 11.4 Å². The van der Waals surface area contributed by atoms with Crippen molar-refractivity contribution in [2.45, 2.75) is 33.1 Å². The molecule has 0 bridgehead atoms. The van der Waals surface area contributed by atoms with E-state index in [1.165, 1.54) is 36.3 Å². The van der Waals surface area contributed by atoms with Gasteiger partial charge in [0.25, 0.3) is 0 Å². The molecule has 2 N–H and O–H groups in total. The maximum Gasteiger partial charge on any atom is 0.139 e. The lowest BCUT2D eigenvalue weighted by molar-refractivity contribution is 0.411. The predicted molar refractivity (Wildman–Crippen MR) is 109 cm³/mol. The number of nitrogens with one attached hydrogen (secondary N) is 1. The Hall–Kier alpha value is -2.34. The number of aliphatic hydroxyl groups excluding tert-OH is 1. The van der Waals surface area contributed by atoms with Gasteiger partial charge in [-0.3, -0.25) is 5.41 Å². The van der Waals surface area contributed by atoms with E-state index in [1.807, 2.05) is 30.9 Å². The normalized spacial score (nSPS) is 18.2. The van der Waals surface area contributed by atoms with Gasteiger partial charge in [-0.25, -0.2) is 4.98 Å². The molecule has 1 aromatic heterocycles. The quantitative estimate of drug-likeness (QED) is 0.836. The Morgan fingerprint density at radius 2 is 1.69 bits per heavy atom. The standard InChI is InChI=1S/C20H24N4OS/c1-13-14(2)26-20(22-13)18-17(25)12-24(19(18)21)16-8-6-15(7-9-16)23-10-4-3-5-11-23/h6-9,21,25H,3-5,10-12H2,1-2H3. The largest absolute Gasteiger partial charge is 0.510 e. The minimum atomic E-state index is 0.226. The van der Waals surface area contributed by atoms with Crippen LogP contribution in [0, 0.1) is 19.3 Å². The van der Waals surface area contributed by atoms with E-state index in [-0.39, 0.29) is 5.76 Å². The van der Waals surface area contributed by atoms with Gasteiger partial charge in [0.1, 0.15) is 16.6 Å². The molecule has 0 aliphatic carbocycles. The summed E-state index contributed by atoms with van der Waals surface area (Å²) in [5.41, 5.74) is 3.69. The number of aryl methyl sites for hydroxylation is 2. The maximum atomic E-state index is 10.5. The molecule has 4 rings (SSSR count).